The molecule has 2 aliphatic heterocycles. The van der Waals surface area contributed by atoms with Crippen LogP contribution in [-0.4, -0.2) is 49.4 Å². The quantitative estimate of drug-likeness (QED) is 0.822. The zero-order chi connectivity index (χ0) is 14.0. The second-order valence-electron chi connectivity index (χ2n) is 5.94. The van der Waals surface area contributed by atoms with E-state index in [-0.39, 0.29) is 35.4 Å². The molecule has 110 valence electrons. The second-order valence-corrected chi connectivity index (χ2v) is 8.17. The van der Waals surface area contributed by atoms with Crippen LogP contribution in [0.2, 0.25) is 0 Å². The molecule has 5 nitrogen and oxygen atoms in total. The zero-order valence-corrected chi connectivity index (χ0v) is 12.4. The highest BCUT2D eigenvalue weighted by molar-refractivity contribution is 7.91. The van der Waals surface area contributed by atoms with Crippen LogP contribution in [-0.2, 0) is 14.6 Å². The Morgan fingerprint density at radius 1 is 1.32 bits per heavy atom. The molecule has 1 amide bonds. The number of nitrogens with two attached hydrogens (primary N) is 1. The van der Waals surface area contributed by atoms with E-state index in [2.05, 4.69) is 6.92 Å². The van der Waals surface area contributed by atoms with Crippen molar-refractivity contribution in [2.45, 2.75) is 51.1 Å². The van der Waals surface area contributed by atoms with Gasteiger partial charge in [0.05, 0.1) is 11.5 Å². The Hall–Kier alpha value is -0.620. The zero-order valence-electron chi connectivity index (χ0n) is 11.5. The highest BCUT2D eigenvalue weighted by Crippen LogP contribution is 2.27. The van der Waals surface area contributed by atoms with E-state index in [0.717, 1.165) is 19.3 Å². The third kappa shape index (κ3) is 3.48. The highest BCUT2D eigenvalue weighted by atomic mass is 32.2. The highest BCUT2D eigenvalue weighted by Gasteiger charge is 2.35. The number of rotatable bonds is 3. The fraction of sp³-hybridized carbons (Fsp3) is 0.923. The maximum Gasteiger partial charge on any atom is 0.223 e. The molecule has 2 rings (SSSR count). The van der Waals surface area contributed by atoms with Crippen LogP contribution >= 0.6 is 0 Å². The Labute approximate surface area is 115 Å². The number of piperidine rings is 1. The van der Waals surface area contributed by atoms with Crippen molar-refractivity contribution < 1.29 is 13.2 Å². The summed E-state index contributed by atoms with van der Waals surface area (Å²) < 4.78 is 22.9. The van der Waals surface area contributed by atoms with Crippen LogP contribution in [0.4, 0.5) is 0 Å². The van der Waals surface area contributed by atoms with Crippen molar-refractivity contribution >= 4 is 15.7 Å². The first-order valence-electron chi connectivity index (χ1n) is 7.14. The van der Waals surface area contributed by atoms with Crippen molar-refractivity contribution in [1.82, 2.24) is 4.90 Å². The van der Waals surface area contributed by atoms with Gasteiger partial charge in [-0.3, -0.25) is 4.79 Å². The summed E-state index contributed by atoms with van der Waals surface area (Å²) in [6.45, 7) is 2.56. The molecule has 0 spiro atoms. The summed E-state index contributed by atoms with van der Waals surface area (Å²) in [4.78, 5) is 14.3. The number of carbonyl (C=O) groups is 1. The van der Waals surface area contributed by atoms with E-state index in [4.69, 9.17) is 5.73 Å². The van der Waals surface area contributed by atoms with Crippen LogP contribution in [0.1, 0.15) is 39.0 Å². The van der Waals surface area contributed by atoms with E-state index in [1.165, 1.54) is 0 Å². The summed E-state index contributed by atoms with van der Waals surface area (Å²) in [5.74, 6) is 0.504. The van der Waals surface area contributed by atoms with Crippen molar-refractivity contribution in [3.63, 3.8) is 0 Å². The lowest BCUT2D eigenvalue weighted by Crippen LogP contribution is -2.52. The van der Waals surface area contributed by atoms with Crippen LogP contribution in [0.25, 0.3) is 0 Å². The summed E-state index contributed by atoms with van der Waals surface area (Å²) in [5, 5.41) is 0. The first kappa shape index (κ1) is 14.8. The first-order valence-corrected chi connectivity index (χ1v) is 8.96. The van der Waals surface area contributed by atoms with Crippen molar-refractivity contribution in [1.29, 1.82) is 0 Å². The van der Waals surface area contributed by atoms with Crippen LogP contribution in [0.5, 0.6) is 0 Å². The van der Waals surface area contributed by atoms with Crippen LogP contribution in [0.15, 0.2) is 0 Å². The lowest BCUT2D eigenvalue weighted by Gasteiger charge is -2.40. The number of hydrogen-bond acceptors (Lipinski definition) is 4. The van der Waals surface area contributed by atoms with Gasteiger partial charge in [0.1, 0.15) is 0 Å². The molecule has 3 unspecified atom stereocenters. The molecule has 0 bridgehead atoms. The molecular formula is C13H24N2O3S. The van der Waals surface area contributed by atoms with Gasteiger partial charge in [0.25, 0.3) is 0 Å². The molecule has 2 aliphatic rings. The predicted molar refractivity (Wildman–Crippen MR) is 74.4 cm³/mol. The standard InChI is InChI=1S/C13H24N2O3S/c1-10-3-2-4-12(8-14)15(10)13(16)7-11-5-6-19(17,18)9-11/h10-12H,2-9,14H2,1H3. The summed E-state index contributed by atoms with van der Waals surface area (Å²) in [7, 11) is -2.90. The number of sulfone groups is 1. The third-order valence-electron chi connectivity index (χ3n) is 4.38. The molecule has 19 heavy (non-hydrogen) atoms. The molecule has 0 aliphatic carbocycles. The smallest absolute Gasteiger partial charge is 0.223 e. The minimum atomic E-state index is -2.90. The van der Waals surface area contributed by atoms with Crippen molar-refractivity contribution in [3.05, 3.63) is 0 Å². The molecule has 0 aromatic carbocycles. The normalized spacial score (nSPS) is 34.4. The Balaban J connectivity index is 1.98. The molecule has 0 aromatic rings. The van der Waals surface area contributed by atoms with Crippen LogP contribution in [0.3, 0.4) is 0 Å². The topological polar surface area (TPSA) is 80.5 Å². The van der Waals surface area contributed by atoms with Crippen LogP contribution in [0, 0.1) is 5.92 Å². The number of amides is 1. The fourth-order valence-corrected chi connectivity index (χ4v) is 5.22. The Morgan fingerprint density at radius 3 is 2.63 bits per heavy atom. The summed E-state index contributed by atoms with van der Waals surface area (Å²) in [6.07, 6.45) is 4.09. The molecule has 2 fully saturated rings. The van der Waals surface area contributed by atoms with E-state index < -0.39 is 9.84 Å². The molecule has 6 heteroatoms. The maximum atomic E-state index is 12.4. The molecule has 2 saturated heterocycles. The van der Waals surface area contributed by atoms with Gasteiger partial charge in [-0.15, -0.1) is 0 Å². The van der Waals surface area contributed by atoms with Crippen molar-refractivity contribution in [2.24, 2.45) is 11.7 Å². The summed E-state index contributed by atoms with van der Waals surface area (Å²) in [6, 6.07) is 0.363. The Morgan fingerprint density at radius 2 is 2.05 bits per heavy atom. The van der Waals surface area contributed by atoms with Gasteiger partial charge in [-0.2, -0.15) is 0 Å². The van der Waals surface area contributed by atoms with E-state index in [1.54, 1.807) is 0 Å². The molecule has 0 radical (unpaired) electrons. The first-order chi connectivity index (χ1) is 8.93. The van der Waals surface area contributed by atoms with Gasteiger partial charge in [0, 0.05) is 25.0 Å². The lowest BCUT2D eigenvalue weighted by atomic mass is 9.94. The second kappa shape index (κ2) is 5.79. The van der Waals surface area contributed by atoms with Crippen molar-refractivity contribution in [3.8, 4) is 0 Å². The Kier molecular flexibility index (Phi) is 4.50. The SMILES string of the molecule is CC1CCCC(CN)N1C(=O)CC1CCS(=O)(=O)C1. The largest absolute Gasteiger partial charge is 0.336 e. The van der Waals surface area contributed by atoms with Gasteiger partial charge in [-0.25, -0.2) is 8.42 Å². The molecular weight excluding hydrogens is 264 g/mol. The molecule has 2 heterocycles. The average Bonchev–Trinajstić information content (AvgIpc) is 2.67. The van der Waals surface area contributed by atoms with E-state index in [9.17, 15) is 13.2 Å². The molecule has 3 atom stereocenters. The summed E-state index contributed by atoms with van der Waals surface area (Å²) in [5.41, 5.74) is 5.76. The molecule has 0 aromatic heterocycles. The maximum absolute atomic E-state index is 12.4. The van der Waals surface area contributed by atoms with Gasteiger partial charge < -0.3 is 10.6 Å². The number of hydrogen-bond donors (Lipinski definition) is 1. The number of carbonyl (C=O) groups excluding carboxylic acids is 1. The van der Waals surface area contributed by atoms with Gasteiger partial charge in [0.2, 0.25) is 5.91 Å². The Bertz CT molecular complexity index is 435. The molecule has 0 saturated carbocycles. The van der Waals surface area contributed by atoms with Crippen molar-refractivity contribution in [2.75, 3.05) is 18.1 Å². The van der Waals surface area contributed by atoms with Gasteiger partial charge >= 0.3 is 0 Å². The third-order valence-corrected chi connectivity index (χ3v) is 6.21. The van der Waals surface area contributed by atoms with Gasteiger partial charge in [-0.05, 0) is 38.5 Å². The lowest BCUT2D eigenvalue weighted by molar-refractivity contribution is -0.138. The number of likely N-dealkylation sites (tertiary alicyclic amines) is 1. The number of nitrogens with zero attached hydrogens (tertiary/aromatic N) is 1. The average molecular weight is 288 g/mol. The monoisotopic (exact) mass is 288 g/mol. The van der Waals surface area contributed by atoms with E-state index >= 15 is 0 Å². The summed E-state index contributed by atoms with van der Waals surface area (Å²) >= 11 is 0. The molecule has 2 N–H and O–H groups in total. The predicted octanol–water partition coefficient (Wildman–Crippen LogP) is 0.540. The van der Waals surface area contributed by atoms with E-state index in [0.29, 0.717) is 19.4 Å². The fourth-order valence-electron chi connectivity index (χ4n) is 3.35. The van der Waals surface area contributed by atoms with E-state index in [1.807, 2.05) is 4.90 Å². The van der Waals surface area contributed by atoms with Gasteiger partial charge in [0.15, 0.2) is 9.84 Å². The van der Waals surface area contributed by atoms with Gasteiger partial charge in [-0.1, -0.05) is 0 Å². The minimum absolute atomic E-state index is 0.00468. The van der Waals surface area contributed by atoms with Crippen LogP contribution < -0.4 is 5.73 Å². The minimum Gasteiger partial charge on any atom is -0.336 e.